The van der Waals surface area contributed by atoms with Crippen LogP contribution in [0.1, 0.15) is 11.5 Å². The summed E-state index contributed by atoms with van der Waals surface area (Å²) in [5.74, 6) is -3.39. The zero-order valence-electron chi connectivity index (χ0n) is 12.6. The molecule has 122 valence electrons. The third kappa shape index (κ3) is 3.38. The molecule has 0 aliphatic carbocycles. The number of nitrogens with one attached hydrogen (secondary N) is 1. The van der Waals surface area contributed by atoms with E-state index in [4.69, 9.17) is 21.6 Å². The molecule has 0 bridgehead atoms. The highest BCUT2D eigenvalue weighted by Crippen LogP contribution is 2.42. The Morgan fingerprint density at radius 3 is 2.71 bits per heavy atom. The summed E-state index contributed by atoms with van der Waals surface area (Å²) in [5, 5.41) is 21.5. The average molecular weight is 362 g/mol. The Labute approximate surface area is 148 Å². The number of hydrogen-bond donors (Lipinski definition) is 1. The van der Waals surface area contributed by atoms with Crippen molar-refractivity contribution in [2.45, 2.75) is 5.92 Å². The topological polar surface area (TPSA) is 103 Å². The number of amides is 1. The summed E-state index contributed by atoms with van der Waals surface area (Å²) in [6.07, 6.45) is 0. The smallest absolute Gasteiger partial charge is 0.319 e. The Hall–Kier alpha value is -2.48. The van der Waals surface area contributed by atoms with Crippen LogP contribution in [0.25, 0.3) is 0 Å². The number of methoxy groups -OCH3 is 1. The number of rotatable bonds is 4. The molecule has 0 saturated heterocycles. The molecule has 6 nitrogen and oxygen atoms in total. The van der Waals surface area contributed by atoms with Crippen LogP contribution in [0.5, 0.6) is 0 Å². The Bertz CT molecular complexity index is 794. The quantitative estimate of drug-likeness (QED) is 0.652. The predicted octanol–water partition coefficient (Wildman–Crippen LogP) is 2.33. The summed E-state index contributed by atoms with van der Waals surface area (Å²) in [6, 6.07) is 10.7. The van der Waals surface area contributed by atoms with Crippen molar-refractivity contribution in [3.8, 4) is 12.1 Å². The summed E-state index contributed by atoms with van der Waals surface area (Å²) in [5.41, 5.74) is 0.661. The molecule has 1 aromatic rings. The molecule has 1 aliphatic heterocycles. The summed E-state index contributed by atoms with van der Waals surface area (Å²) in [4.78, 5) is 24.6. The molecule has 24 heavy (non-hydrogen) atoms. The number of thioether (sulfide) groups is 1. The molecule has 0 saturated carbocycles. The van der Waals surface area contributed by atoms with Crippen LogP contribution >= 0.6 is 23.4 Å². The summed E-state index contributed by atoms with van der Waals surface area (Å²) < 4.78 is 4.73. The molecule has 0 aromatic heterocycles. The van der Waals surface area contributed by atoms with Crippen molar-refractivity contribution in [1.29, 1.82) is 10.5 Å². The molecular formula is C16H12ClN3O3S. The van der Waals surface area contributed by atoms with Gasteiger partial charge in [0.05, 0.1) is 35.6 Å². The molecule has 1 N–H and O–H groups in total. The van der Waals surface area contributed by atoms with Crippen molar-refractivity contribution in [2.75, 3.05) is 12.9 Å². The highest BCUT2D eigenvalue weighted by Gasteiger charge is 2.44. The van der Waals surface area contributed by atoms with E-state index in [1.165, 1.54) is 7.11 Å². The van der Waals surface area contributed by atoms with Gasteiger partial charge in [0.25, 0.3) is 0 Å². The first kappa shape index (κ1) is 17.9. The monoisotopic (exact) mass is 361 g/mol. The first-order chi connectivity index (χ1) is 11.5. The van der Waals surface area contributed by atoms with Crippen molar-refractivity contribution in [1.82, 2.24) is 5.32 Å². The number of benzene rings is 1. The van der Waals surface area contributed by atoms with Crippen molar-refractivity contribution < 1.29 is 14.3 Å². The standard InChI is InChI=1S/C16H12ClN3O3S/c1-23-16(22)13-12(9-4-2-3-5-11(9)17)10(8-19)15(20-14(13)21)24-7-6-18/h2-5,12-13H,7H2,1H3,(H,20,21)/t12-,13+/m1/s1. The molecule has 0 spiro atoms. The van der Waals surface area contributed by atoms with Crippen LogP contribution in [0.4, 0.5) is 0 Å². The molecule has 2 rings (SSSR count). The van der Waals surface area contributed by atoms with Crippen LogP contribution in [0.15, 0.2) is 34.9 Å². The number of hydrogen-bond acceptors (Lipinski definition) is 6. The van der Waals surface area contributed by atoms with Gasteiger partial charge in [-0.15, -0.1) is 0 Å². The lowest BCUT2D eigenvalue weighted by molar-refractivity contribution is -0.150. The molecule has 1 heterocycles. The fourth-order valence-electron chi connectivity index (χ4n) is 2.49. The lowest BCUT2D eigenvalue weighted by Crippen LogP contribution is -2.44. The van der Waals surface area contributed by atoms with E-state index >= 15 is 0 Å². The van der Waals surface area contributed by atoms with Crippen LogP contribution in [0.3, 0.4) is 0 Å². The number of esters is 1. The number of carbonyl (C=O) groups is 2. The number of halogens is 1. The van der Waals surface area contributed by atoms with Gasteiger partial charge < -0.3 is 10.1 Å². The number of ether oxygens (including phenoxy) is 1. The maximum atomic E-state index is 12.4. The minimum atomic E-state index is -1.23. The number of nitriles is 2. The molecule has 0 fully saturated rings. The van der Waals surface area contributed by atoms with Gasteiger partial charge in [0, 0.05) is 10.9 Å². The van der Waals surface area contributed by atoms with Crippen molar-refractivity contribution in [3.63, 3.8) is 0 Å². The highest BCUT2D eigenvalue weighted by molar-refractivity contribution is 8.03. The van der Waals surface area contributed by atoms with Crippen molar-refractivity contribution >= 4 is 35.2 Å². The molecule has 8 heteroatoms. The van der Waals surface area contributed by atoms with E-state index in [1.807, 2.05) is 12.1 Å². The summed E-state index contributed by atoms with van der Waals surface area (Å²) in [6.45, 7) is 0. The van der Waals surface area contributed by atoms with Crippen LogP contribution < -0.4 is 5.32 Å². The minimum absolute atomic E-state index is 0.0545. The third-order valence-electron chi connectivity index (χ3n) is 3.51. The van der Waals surface area contributed by atoms with Gasteiger partial charge in [-0.1, -0.05) is 41.6 Å². The van der Waals surface area contributed by atoms with Gasteiger partial charge in [-0.3, -0.25) is 9.59 Å². The van der Waals surface area contributed by atoms with Gasteiger partial charge in [-0.2, -0.15) is 10.5 Å². The van der Waals surface area contributed by atoms with Crippen LogP contribution in [0.2, 0.25) is 5.02 Å². The van der Waals surface area contributed by atoms with Gasteiger partial charge in [0.2, 0.25) is 5.91 Å². The molecule has 1 aromatic carbocycles. The number of allylic oxidation sites excluding steroid dienone is 1. The van der Waals surface area contributed by atoms with E-state index in [-0.39, 0.29) is 16.4 Å². The average Bonchev–Trinajstić information content (AvgIpc) is 2.59. The highest BCUT2D eigenvalue weighted by atomic mass is 35.5. The Kier molecular flexibility index (Phi) is 5.86. The number of nitrogens with zero attached hydrogens (tertiary/aromatic N) is 2. The second kappa shape index (κ2) is 7.87. The number of carbonyl (C=O) groups excluding carboxylic acids is 2. The Morgan fingerprint density at radius 1 is 1.42 bits per heavy atom. The maximum Gasteiger partial charge on any atom is 0.319 e. The summed E-state index contributed by atoms with van der Waals surface area (Å²) >= 11 is 7.25. The van der Waals surface area contributed by atoms with E-state index in [1.54, 1.807) is 24.3 Å². The molecule has 2 atom stereocenters. The first-order valence-corrected chi connectivity index (χ1v) is 8.18. The van der Waals surface area contributed by atoms with Crippen LogP contribution in [0, 0.1) is 28.6 Å². The largest absolute Gasteiger partial charge is 0.468 e. The lowest BCUT2D eigenvalue weighted by Gasteiger charge is -2.31. The molecule has 1 aliphatic rings. The van der Waals surface area contributed by atoms with Crippen LogP contribution in [-0.4, -0.2) is 24.7 Å². The zero-order chi connectivity index (χ0) is 17.7. The van der Waals surface area contributed by atoms with Crippen LogP contribution in [-0.2, 0) is 14.3 Å². The molecule has 0 radical (unpaired) electrons. The van der Waals surface area contributed by atoms with Gasteiger partial charge in [-0.25, -0.2) is 0 Å². The van der Waals surface area contributed by atoms with Crippen molar-refractivity contribution in [2.24, 2.45) is 5.92 Å². The van der Waals surface area contributed by atoms with Gasteiger partial charge in [0.1, 0.15) is 5.92 Å². The second-order valence-corrected chi connectivity index (χ2v) is 6.18. The SMILES string of the molecule is COC(=O)[C@@H]1C(=O)NC(SCC#N)=C(C#N)[C@H]1c1ccccc1Cl. The predicted molar refractivity (Wildman–Crippen MR) is 88.6 cm³/mol. The van der Waals surface area contributed by atoms with E-state index < -0.39 is 23.7 Å². The lowest BCUT2D eigenvalue weighted by atomic mass is 9.78. The maximum absolute atomic E-state index is 12.4. The van der Waals surface area contributed by atoms with E-state index in [0.717, 1.165) is 11.8 Å². The zero-order valence-corrected chi connectivity index (χ0v) is 14.1. The fraction of sp³-hybridized carbons (Fsp3) is 0.250. The second-order valence-electron chi connectivity index (χ2n) is 4.79. The minimum Gasteiger partial charge on any atom is -0.468 e. The van der Waals surface area contributed by atoms with Gasteiger partial charge >= 0.3 is 5.97 Å². The summed E-state index contributed by atoms with van der Waals surface area (Å²) in [7, 11) is 1.18. The normalized spacial score (nSPS) is 19.9. The molecule has 1 amide bonds. The Morgan fingerprint density at radius 2 is 2.12 bits per heavy atom. The van der Waals surface area contributed by atoms with E-state index in [0.29, 0.717) is 10.6 Å². The third-order valence-corrected chi connectivity index (χ3v) is 4.73. The fourth-order valence-corrected chi connectivity index (χ4v) is 3.45. The first-order valence-electron chi connectivity index (χ1n) is 6.82. The van der Waals surface area contributed by atoms with Gasteiger partial charge in [-0.05, 0) is 11.6 Å². The molecular weight excluding hydrogens is 350 g/mol. The van der Waals surface area contributed by atoms with E-state index in [9.17, 15) is 14.9 Å². The van der Waals surface area contributed by atoms with Gasteiger partial charge in [0.15, 0.2) is 0 Å². The van der Waals surface area contributed by atoms with Crippen molar-refractivity contribution in [3.05, 3.63) is 45.5 Å². The Balaban J connectivity index is 2.65. The van der Waals surface area contributed by atoms with E-state index in [2.05, 4.69) is 5.32 Å². The molecule has 0 unspecified atom stereocenters.